The molecule has 17 unspecified atom stereocenters. The third kappa shape index (κ3) is 45.2. The molecule has 0 radical (unpaired) electrons. The van der Waals surface area contributed by atoms with E-state index in [0.29, 0.717) is 12.8 Å². The van der Waals surface area contributed by atoms with E-state index in [9.17, 15) is 61.0 Å². The van der Waals surface area contributed by atoms with Crippen molar-refractivity contribution in [2.75, 3.05) is 26.4 Å². The van der Waals surface area contributed by atoms with Gasteiger partial charge in [-0.1, -0.05) is 330 Å². The van der Waals surface area contributed by atoms with Crippen molar-refractivity contribution in [2.24, 2.45) is 0 Å². The molecule has 3 aliphatic heterocycles. The molecule has 12 N–H and O–H groups in total. The molecule has 0 saturated carbocycles. The van der Waals surface area contributed by atoms with E-state index in [2.05, 4.69) is 104 Å². The lowest BCUT2D eigenvalue weighted by Gasteiger charge is -2.48. The van der Waals surface area contributed by atoms with Crippen molar-refractivity contribution >= 4 is 5.91 Å². The van der Waals surface area contributed by atoms with Gasteiger partial charge in [0.2, 0.25) is 5.91 Å². The molecular formula is C86H153NO18. The fraction of sp³-hybridized carbons (Fsp3) is 0.826. The number of unbranched alkanes of at least 4 members (excludes halogenated alkanes) is 37. The second-order valence-electron chi connectivity index (χ2n) is 29.9. The van der Waals surface area contributed by atoms with Crippen LogP contribution >= 0.6 is 0 Å². The van der Waals surface area contributed by atoms with Gasteiger partial charge < -0.3 is 89.9 Å². The largest absolute Gasteiger partial charge is 0.394 e. The fourth-order valence-corrected chi connectivity index (χ4v) is 14.0. The Labute approximate surface area is 635 Å². The summed E-state index contributed by atoms with van der Waals surface area (Å²) in [4.78, 5) is 13.5. The van der Waals surface area contributed by atoms with Gasteiger partial charge in [0, 0.05) is 6.42 Å². The van der Waals surface area contributed by atoms with Gasteiger partial charge in [-0.3, -0.25) is 4.79 Å². The van der Waals surface area contributed by atoms with E-state index in [1.165, 1.54) is 199 Å². The maximum atomic E-state index is 13.5. The first-order valence-electron chi connectivity index (χ1n) is 42.3. The monoisotopic (exact) mass is 1490 g/mol. The molecule has 1 amide bonds. The summed E-state index contributed by atoms with van der Waals surface area (Å²) in [5.74, 6) is -0.239. The predicted octanol–water partition coefficient (Wildman–Crippen LogP) is 15.0. The molecule has 610 valence electrons. The van der Waals surface area contributed by atoms with Crippen LogP contribution in [0.2, 0.25) is 0 Å². The molecule has 3 rings (SSSR count). The van der Waals surface area contributed by atoms with Crippen molar-refractivity contribution in [2.45, 2.75) is 426 Å². The average molecular weight is 1490 g/mol. The number of rotatable bonds is 67. The van der Waals surface area contributed by atoms with E-state index in [0.717, 1.165) is 89.9 Å². The summed E-state index contributed by atoms with van der Waals surface area (Å²) in [5, 5.41) is 121. The van der Waals surface area contributed by atoms with Crippen molar-refractivity contribution < 1.29 is 89.4 Å². The van der Waals surface area contributed by atoms with Crippen LogP contribution in [0.5, 0.6) is 0 Å². The molecule has 19 nitrogen and oxygen atoms in total. The van der Waals surface area contributed by atoms with Gasteiger partial charge in [0.1, 0.15) is 73.2 Å². The number of hydrogen-bond acceptors (Lipinski definition) is 18. The molecule has 19 heteroatoms. The first kappa shape index (κ1) is 96.2. The van der Waals surface area contributed by atoms with Crippen molar-refractivity contribution in [1.82, 2.24) is 5.32 Å². The zero-order chi connectivity index (χ0) is 76.0. The van der Waals surface area contributed by atoms with Crippen LogP contribution in [0.3, 0.4) is 0 Å². The molecule has 3 fully saturated rings. The lowest BCUT2D eigenvalue weighted by Crippen LogP contribution is -2.66. The molecule has 3 aliphatic rings. The van der Waals surface area contributed by atoms with Crippen molar-refractivity contribution in [3.63, 3.8) is 0 Å². The second kappa shape index (κ2) is 65.7. The Morgan fingerprint density at radius 1 is 0.352 bits per heavy atom. The van der Waals surface area contributed by atoms with Crippen molar-refractivity contribution in [3.05, 3.63) is 85.1 Å². The van der Waals surface area contributed by atoms with Crippen LogP contribution in [-0.4, -0.2) is 193 Å². The summed E-state index contributed by atoms with van der Waals surface area (Å²) < 4.78 is 34.5. The summed E-state index contributed by atoms with van der Waals surface area (Å²) in [6.07, 6.45) is 61.1. The maximum Gasteiger partial charge on any atom is 0.220 e. The van der Waals surface area contributed by atoms with Crippen molar-refractivity contribution in [1.29, 1.82) is 0 Å². The number of carbonyl (C=O) groups is 1. The molecule has 105 heavy (non-hydrogen) atoms. The molecule has 0 aliphatic carbocycles. The third-order valence-electron chi connectivity index (χ3n) is 20.7. The van der Waals surface area contributed by atoms with E-state index in [1.807, 2.05) is 0 Å². The van der Waals surface area contributed by atoms with E-state index in [4.69, 9.17) is 28.4 Å². The average Bonchev–Trinajstić information content (AvgIpc) is 0.781. The highest BCUT2D eigenvalue weighted by Crippen LogP contribution is 2.33. The van der Waals surface area contributed by atoms with Crippen LogP contribution < -0.4 is 5.32 Å². The van der Waals surface area contributed by atoms with Gasteiger partial charge in [-0.15, -0.1) is 0 Å². The number of nitrogens with one attached hydrogen (secondary N) is 1. The Balaban J connectivity index is 1.30. The van der Waals surface area contributed by atoms with Gasteiger partial charge in [-0.25, -0.2) is 0 Å². The summed E-state index contributed by atoms with van der Waals surface area (Å²) in [7, 11) is 0. The van der Waals surface area contributed by atoms with E-state index < -0.39 is 124 Å². The molecule has 17 atom stereocenters. The van der Waals surface area contributed by atoms with Gasteiger partial charge in [0.05, 0.1) is 38.6 Å². The fourth-order valence-electron chi connectivity index (χ4n) is 14.0. The Morgan fingerprint density at radius 2 is 0.657 bits per heavy atom. The summed E-state index contributed by atoms with van der Waals surface area (Å²) in [6.45, 7) is 1.72. The molecule has 0 aromatic carbocycles. The van der Waals surface area contributed by atoms with Crippen LogP contribution in [0.15, 0.2) is 85.1 Å². The maximum absolute atomic E-state index is 13.5. The highest BCUT2D eigenvalue weighted by Gasteiger charge is 2.54. The van der Waals surface area contributed by atoms with Gasteiger partial charge in [-0.2, -0.15) is 0 Å². The minimum absolute atomic E-state index is 0.239. The van der Waals surface area contributed by atoms with Gasteiger partial charge in [0.15, 0.2) is 18.9 Å². The first-order valence-corrected chi connectivity index (χ1v) is 42.3. The zero-order valence-electron chi connectivity index (χ0n) is 65.4. The van der Waals surface area contributed by atoms with Crippen LogP contribution in [0.25, 0.3) is 0 Å². The summed E-state index contributed by atoms with van der Waals surface area (Å²) >= 11 is 0. The highest BCUT2D eigenvalue weighted by atomic mass is 16.8. The zero-order valence-corrected chi connectivity index (χ0v) is 65.4. The van der Waals surface area contributed by atoms with Crippen LogP contribution in [0.1, 0.15) is 322 Å². The number of hydrogen-bond donors (Lipinski definition) is 12. The number of ether oxygens (including phenoxy) is 6. The quantitative estimate of drug-likeness (QED) is 0.0199. The molecule has 0 bridgehead atoms. The van der Waals surface area contributed by atoms with Crippen LogP contribution in [0.4, 0.5) is 0 Å². The molecule has 0 aromatic rings. The summed E-state index contributed by atoms with van der Waals surface area (Å²) in [5.41, 5.74) is 0. The first-order chi connectivity index (χ1) is 51.3. The second-order valence-corrected chi connectivity index (χ2v) is 29.9. The lowest BCUT2D eigenvalue weighted by atomic mass is 9.96. The number of amides is 1. The van der Waals surface area contributed by atoms with Crippen LogP contribution in [-0.2, 0) is 33.2 Å². The molecular weight excluding hydrogens is 1330 g/mol. The van der Waals surface area contributed by atoms with Crippen molar-refractivity contribution in [3.8, 4) is 0 Å². The third-order valence-corrected chi connectivity index (χ3v) is 20.7. The molecule has 0 aromatic heterocycles. The standard InChI is InChI=1S/C86H153NO18/c1-3-5-7-9-11-13-15-17-19-21-23-24-25-26-27-28-29-30-31-32-33-34-35-36-37-38-39-40-41-42-43-44-46-48-50-52-54-56-58-60-62-64-74(92)87-69(70(91)63-61-59-57-55-53-51-49-47-45-22-20-18-16-14-12-10-8-6-4-2)68-100-84-80(98)77(95)82(72(66-89)102-84)105-86-81(99)78(96)83(73(67-90)103-86)104-85-79(97)76(94)75(93)71(65-88)101-85/h5,7,11,13,17,19,23-24,26-27,29-30,32-33,69-73,75-86,88-91,93-99H,3-4,6,8-10,12,14-16,18,20-22,25,28,31,34-68H2,1-2H3,(H,87,92)/b7-5-,13-11-,19-17-,24-23-,27-26-,30-29-,33-32-. The Kier molecular flexibility index (Phi) is 60.1. The normalized spacial score (nSPS) is 26.2. The predicted molar refractivity (Wildman–Crippen MR) is 420 cm³/mol. The smallest absolute Gasteiger partial charge is 0.220 e. The van der Waals surface area contributed by atoms with E-state index >= 15 is 0 Å². The Hall–Kier alpha value is -3.03. The number of aliphatic hydroxyl groups is 11. The Bertz CT molecular complexity index is 2230. The van der Waals surface area contributed by atoms with Gasteiger partial charge >= 0.3 is 0 Å². The van der Waals surface area contributed by atoms with Crippen LogP contribution in [0, 0.1) is 0 Å². The lowest BCUT2D eigenvalue weighted by molar-refractivity contribution is -0.379. The Morgan fingerprint density at radius 3 is 1.03 bits per heavy atom. The van der Waals surface area contributed by atoms with Gasteiger partial charge in [0.25, 0.3) is 0 Å². The highest BCUT2D eigenvalue weighted by molar-refractivity contribution is 5.76. The number of aliphatic hydroxyl groups excluding tert-OH is 11. The molecule has 3 saturated heterocycles. The van der Waals surface area contributed by atoms with E-state index in [1.54, 1.807) is 0 Å². The minimum atomic E-state index is -1.97. The topological polar surface area (TPSA) is 307 Å². The van der Waals surface area contributed by atoms with E-state index in [-0.39, 0.29) is 18.9 Å². The molecule has 0 spiro atoms. The SMILES string of the molecule is CC/C=C\C/C=C\C/C=C\C/C=C\C/C=C\C/C=C\C/C=C\CCCCCCCCCCCCCCCCCCCCCC(=O)NC(COC1OC(CO)C(OC2OC(CO)C(OC3OC(CO)C(O)C(O)C3O)C(O)C2O)C(O)C1O)C(O)CCCCCCCCCCCCCCCCCCCCC. The summed E-state index contributed by atoms with van der Waals surface area (Å²) in [6, 6.07) is -0.890. The van der Waals surface area contributed by atoms with Gasteiger partial charge in [-0.05, 0) is 70.6 Å². The molecule has 3 heterocycles. The number of allylic oxidation sites excluding steroid dienone is 14. The number of carbonyl (C=O) groups excluding carboxylic acids is 1. The minimum Gasteiger partial charge on any atom is -0.394 e.